The summed E-state index contributed by atoms with van der Waals surface area (Å²) in [5.74, 6) is -1.14. The highest BCUT2D eigenvalue weighted by molar-refractivity contribution is 8.01. The number of hydrogen-bond acceptors (Lipinski definition) is 6. The summed E-state index contributed by atoms with van der Waals surface area (Å²) in [6.45, 7) is -0.356. The predicted octanol–water partition coefficient (Wildman–Crippen LogP) is 3.63. The lowest BCUT2D eigenvalue weighted by atomic mass is 10.2. The van der Waals surface area contributed by atoms with E-state index >= 15 is 0 Å². The number of fused-ring (bicyclic) bond motifs is 1. The molecule has 1 N–H and O–H groups in total. The van der Waals surface area contributed by atoms with Gasteiger partial charge in [0.05, 0.1) is 26.6 Å². The number of ketones is 1. The van der Waals surface area contributed by atoms with Gasteiger partial charge in [0.25, 0.3) is 0 Å². The van der Waals surface area contributed by atoms with Gasteiger partial charge >= 0.3 is 5.97 Å². The number of rotatable bonds is 5. The number of Topliss-reactive ketones (excluding diaryl/α,β-unsaturated/α-hetero) is 1. The topological polar surface area (TPSA) is 72.5 Å². The third-order valence-electron chi connectivity index (χ3n) is 3.27. The van der Waals surface area contributed by atoms with Crippen LogP contribution in [-0.4, -0.2) is 29.5 Å². The maximum atomic E-state index is 12.0. The molecular weight excluding hydrogens is 370 g/mol. The van der Waals surface area contributed by atoms with Gasteiger partial charge in [-0.3, -0.25) is 14.4 Å². The van der Waals surface area contributed by atoms with Gasteiger partial charge in [-0.25, -0.2) is 0 Å². The van der Waals surface area contributed by atoms with E-state index in [0.29, 0.717) is 9.21 Å². The summed E-state index contributed by atoms with van der Waals surface area (Å²) in [5, 5.41) is 2.19. The summed E-state index contributed by atoms with van der Waals surface area (Å²) in [7, 11) is 0. The van der Waals surface area contributed by atoms with Crippen LogP contribution < -0.4 is 5.32 Å². The molecule has 124 valence electrons. The first-order chi connectivity index (χ1) is 11.5. The third-order valence-corrected chi connectivity index (χ3v) is 5.82. The molecule has 0 aliphatic carbocycles. The number of halogens is 1. The number of thioether (sulfide) groups is 1. The lowest BCUT2D eigenvalue weighted by Crippen LogP contribution is -2.31. The Morgan fingerprint density at radius 2 is 2.00 bits per heavy atom. The number of amides is 1. The predicted molar refractivity (Wildman–Crippen MR) is 94.0 cm³/mol. The number of carbonyl (C=O) groups excluding carboxylic acids is 3. The van der Waals surface area contributed by atoms with Crippen molar-refractivity contribution in [2.24, 2.45) is 0 Å². The molecule has 0 bridgehead atoms. The molecule has 3 rings (SSSR count). The van der Waals surface area contributed by atoms with E-state index in [2.05, 4.69) is 5.32 Å². The van der Waals surface area contributed by atoms with Gasteiger partial charge in [0.2, 0.25) is 11.7 Å². The van der Waals surface area contributed by atoms with Crippen LogP contribution in [0.2, 0.25) is 4.34 Å². The van der Waals surface area contributed by atoms with Gasteiger partial charge in [0.1, 0.15) is 0 Å². The van der Waals surface area contributed by atoms with Crippen LogP contribution in [-0.2, 0) is 14.3 Å². The second-order valence-corrected chi connectivity index (χ2v) is 7.94. The Morgan fingerprint density at radius 3 is 2.75 bits per heavy atom. The van der Waals surface area contributed by atoms with Crippen molar-refractivity contribution in [1.82, 2.24) is 0 Å². The molecule has 2 aromatic rings. The lowest BCUT2D eigenvalue weighted by molar-refractivity contribution is -0.143. The molecule has 24 heavy (non-hydrogen) atoms. The average molecular weight is 382 g/mol. The van der Waals surface area contributed by atoms with Crippen LogP contribution in [0.15, 0.2) is 41.3 Å². The molecule has 1 aromatic heterocycles. The fraction of sp³-hybridized carbons (Fsp3) is 0.188. The molecule has 1 aliphatic rings. The molecule has 0 spiro atoms. The Hall–Kier alpha value is -1.83. The van der Waals surface area contributed by atoms with Gasteiger partial charge in [-0.2, -0.15) is 0 Å². The van der Waals surface area contributed by atoms with Crippen LogP contribution in [0.25, 0.3) is 0 Å². The molecule has 1 amide bonds. The van der Waals surface area contributed by atoms with Crippen LogP contribution in [0.4, 0.5) is 5.69 Å². The Kier molecular flexibility index (Phi) is 5.23. The molecule has 0 saturated carbocycles. The van der Waals surface area contributed by atoms with E-state index in [1.165, 1.54) is 11.8 Å². The van der Waals surface area contributed by atoms with Gasteiger partial charge in [0, 0.05) is 4.90 Å². The Labute approximate surface area is 151 Å². The van der Waals surface area contributed by atoms with Crippen molar-refractivity contribution in [3.05, 3.63) is 45.6 Å². The third kappa shape index (κ3) is 3.98. The van der Waals surface area contributed by atoms with Crippen LogP contribution >= 0.6 is 34.7 Å². The molecule has 2 heterocycles. The highest BCUT2D eigenvalue weighted by Crippen LogP contribution is 2.36. The Morgan fingerprint density at radius 1 is 1.21 bits per heavy atom. The minimum absolute atomic E-state index is 0.0939. The first-order valence-corrected chi connectivity index (χ1v) is 9.11. The molecule has 8 heteroatoms. The summed E-state index contributed by atoms with van der Waals surface area (Å²) in [5.41, 5.74) is 0.738. The van der Waals surface area contributed by atoms with Crippen LogP contribution in [0, 0.1) is 0 Å². The van der Waals surface area contributed by atoms with Crippen molar-refractivity contribution >= 4 is 58.0 Å². The van der Waals surface area contributed by atoms with Crippen LogP contribution in [0.1, 0.15) is 16.1 Å². The maximum absolute atomic E-state index is 12.0. The molecule has 1 atom stereocenters. The molecule has 0 radical (unpaired) electrons. The first-order valence-electron chi connectivity index (χ1n) is 7.03. The monoisotopic (exact) mass is 381 g/mol. The first kappa shape index (κ1) is 17.0. The molecule has 0 unspecified atom stereocenters. The van der Waals surface area contributed by atoms with Crippen molar-refractivity contribution in [3.8, 4) is 0 Å². The minimum Gasteiger partial charge on any atom is -0.457 e. The van der Waals surface area contributed by atoms with E-state index in [-0.39, 0.29) is 24.7 Å². The van der Waals surface area contributed by atoms with Crippen molar-refractivity contribution < 1.29 is 19.1 Å². The van der Waals surface area contributed by atoms with Gasteiger partial charge < -0.3 is 10.1 Å². The van der Waals surface area contributed by atoms with Gasteiger partial charge in [-0.05, 0) is 24.3 Å². The zero-order valence-corrected chi connectivity index (χ0v) is 14.7. The quantitative estimate of drug-likeness (QED) is 0.632. The molecule has 1 aliphatic heterocycles. The number of para-hydroxylation sites is 1. The standard InChI is InChI=1S/C16H12ClNO4S2/c17-14-6-5-12(24-14)10(19)8-22-15(20)7-13-16(21)18-9-3-1-2-4-11(9)23-13/h1-6,13H,7-8H2,(H,18,21)/t13-/m0/s1. The number of hydrogen-bond donors (Lipinski definition) is 1. The van der Waals surface area contributed by atoms with Crippen molar-refractivity contribution in [1.29, 1.82) is 0 Å². The molecule has 1 aromatic carbocycles. The average Bonchev–Trinajstić information content (AvgIpc) is 3.00. The second-order valence-electron chi connectivity index (χ2n) is 4.98. The van der Waals surface area contributed by atoms with Gasteiger partial charge in [-0.15, -0.1) is 23.1 Å². The number of carbonyl (C=O) groups is 3. The normalized spacial score (nSPS) is 16.2. The largest absolute Gasteiger partial charge is 0.457 e. The van der Waals surface area contributed by atoms with E-state index in [1.807, 2.05) is 18.2 Å². The van der Waals surface area contributed by atoms with Crippen molar-refractivity contribution in [3.63, 3.8) is 0 Å². The fourth-order valence-electron chi connectivity index (χ4n) is 2.12. The zero-order chi connectivity index (χ0) is 17.1. The highest BCUT2D eigenvalue weighted by atomic mass is 35.5. The SMILES string of the molecule is O=C(C[C@@H]1Sc2ccccc2NC1=O)OCC(=O)c1ccc(Cl)s1. The van der Waals surface area contributed by atoms with E-state index < -0.39 is 11.2 Å². The molecule has 0 fully saturated rings. The van der Waals surface area contributed by atoms with E-state index in [9.17, 15) is 14.4 Å². The summed E-state index contributed by atoms with van der Waals surface area (Å²) >= 11 is 8.21. The number of ether oxygens (including phenoxy) is 1. The number of esters is 1. The lowest BCUT2D eigenvalue weighted by Gasteiger charge is -2.23. The summed E-state index contributed by atoms with van der Waals surface area (Å²) in [6.07, 6.45) is -0.0939. The van der Waals surface area contributed by atoms with Crippen LogP contribution in [0.3, 0.4) is 0 Å². The van der Waals surface area contributed by atoms with E-state index in [4.69, 9.17) is 16.3 Å². The van der Waals surface area contributed by atoms with Gasteiger partial charge in [0.15, 0.2) is 6.61 Å². The number of thiophene rings is 1. The summed E-state index contributed by atoms with van der Waals surface area (Å²) in [6, 6.07) is 10.6. The van der Waals surface area contributed by atoms with Crippen molar-refractivity contribution in [2.75, 3.05) is 11.9 Å². The smallest absolute Gasteiger partial charge is 0.307 e. The maximum Gasteiger partial charge on any atom is 0.307 e. The minimum atomic E-state index is -0.585. The number of nitrogens with one attached hydrogen (secondary N) is 1. The molecular formula is C16H12ClNO4S2. The van der Waals surface area contributed by atoms with E-state index in [1.54, 1.807) is 18.2 Å². The summed E-state index contributed by atoms with van der Waals surface area (Å²) in [4.78, 5) is 37.2. The molecule has 0 saturated heterocycles. The van der Waals surface area contributed by atoms with Crippen LogP contribution in [0.5, 0.6) is 0 Å². The fourth-order valence-corrected chi connectivity index (χ4v) is 4.18. The Bertz CT molecular complexity index is 805. The number of anilines is 1. The summed E-state index contributed by atoms with van der Waals surface area (Å²) < 4.78 is 5.49. The van der Waals surface area contributed by atoms with Gasteiger partial charge in [-0.1, -0.05) is 23.7 Å². The van der Waals surface area contributed by atoms with E-state index in [0.717, 1.165) is 21.9 Å². The Balaban J connectivity index is 1.54. The highest BCUT2D eigenvalue weighted by Gasteiger charge is 2.29. The van der Waals surface area contributed by atoms with Crippen molar-refractivity contribution in [2.45, 2.75) is 16.6 Å². The number of benzene rings is 1. The second kappa shape index (κ2) is 7.38. The molecule has 5 nitrogen and oxygen atoms in total. The zero-order valence-electron chi connectivity index (χ0n) is 12.3.